The third-order valence-electron chi connectivity index (χ3n) is 10.8. The van der Waals surface area contributed by atoms with Gasteiger partial charge in [0, 0.05) is 33.2 Å². The van der Waals surface area contributed by atoms with Gasteiger partial charge >= 0.3 is 0 Å². The van der Waals surface area contributed by atoms with Gasteiger partial charge in [-0.3, -0.25) is 0 Å². The minimum absolute atomic E-state index is 0.646. The van der Waals surface area contributed by atoms with Crippen LogP contribution in [-0.2, 0) is 0 Å². The molecule has 0 atom stereocenters. The molecular formula is C51H32N4. The Hall–Kier alpha value is -7.43. The van der Waals surface area contributed by atoms with Crippen LogP contribution in [0.15, 0.2) is 194 Å². The van der Waals surface area contributed by atoms with Gasteiger partial charge < -0.3 is 4.57 Å². The van der Waals surface area contributed by atoms with Crippen molar-refractivity contribution < 1.29 is 0 Å². The number of nitrogens with zero attached hydrogens (tertiary/aromatic N) is 4. The van der Waals surface area contributed by atoms with Crippen molar-refractivity contribution in [3.05, 3.63) is 194 Å². The lowest BCUT2D eigenvalue weighted by Gasteiger charge is -2.16. The lowest BCUT2D eigenvalue weighted by molar-refractivity contribution is 1.07. The Morgan fingerprint density at radius 3 is 1.47 bits per heavy atom. The molecule has 55 heavy (non-hydrogen) atoms. The quantitative estimate of drug-likeness (QED) is 0.168. The van der Waals surface area contributed by atoms with Crippen LogP contribution in [0, 0.1) is 0 Å². The highest BCUT2D eigenvalue weighted by atomic mass is 15.0. The highest BCUT2D eigenvalue weighted by Gasteiger charge is 2.18. The molecule has 0 aliphatic carbocycles. The maximum atomic E-state index is 5.07. The predicted molar refractivity (Wildman–Crippen MR) is 228 cm³/mol. The highest BCUT2D eigenvalue weighted by molar-refractivity contribution is 6.29. The summed E-state index contributed by atoms with van der Waals surface area (Å²) >= 11 is 0. The Morgan fingerprint density at radius 1 is 0.291 bits per heavy atom. The van der Waals surface area contributed by atoms with E-state index < -0.39 is 0 Å². The first kappa shape index (κ1) is 31.1. The molecule has 2 heterocycles. The second-order valence-corrected chi connectivity index (χ2v) is 14.0. The van der Waals surface area contributed by atoms with Crippen LogP contribution in [0.5, 0.6) is 0 Å². The fraction of sp³-hybridized carbons (Fsp3) is 0. The summed E-state index contributed by atoms with van der Waals surface area (Å²) in [5.41, 5.74) is 8.80. The monoisotopic (exact) mass is 700 g/mol. The lowest BCUT2D eigenvalue weighted by atomic mass is 9.88. The van der Waals surface area contributed by atoms with E-state index in [9.17, 15) is 0 Å². The molecule has 0 amide bonds. The van der Waals surface area contributed by atoms with E-state index in [-0.39, 0.29) is 0 Å². The average Bonchev–Trinajstić information content (AvgIpc) is 3.60. The van der Waals surface area contributed by atoms with E-state index in [0.717, 1.165) is 27.8 Å². The Kier molecular flexibility index (Phi) is 7.14. The summed E-state index contributed by atoms with van der Waals surface area (Å²) in [6.45, 7) is 0. The zero-order chi connectivity index (χ0) is 36.3. The summed E-state index contributed by atoms with van der Waals surface area (Å²) in [4.78, 5) is 15.1. The van der Waals surface area contributed by atoms with Gasteiger partial charge in [-0.15, -0.1) is 0 Å². The van der Waals surface area contributed by atoms with Crippen molar-refractivity contribution in [2.75, 3.05) is 0 Å². The number of hydrogen-bond donors (Lipinski definition) is 0. The molecule has 0 aliphatic heterocycles. The molecule has 0 radical (unpaired) electrons. The smallest absolute Gasteiger partial charge is 0.164 e. The minimum atomic E-state index is 0.646. The molecule has 256 valence electrons. The van der Waals surface area contributed by atoms with Crippen LogP contribution in [0.3, 0.4) is 0 Å². The van der Waals surface area contributed by atoms with Crippen LogP contribution in [-0.4, -0.2) is 19.5 Å². The molecule has 0 aliphatic rings. The number of benzene rings is 9. The highest BCUT2D eigenvalue weighted by Crippen LogP contribution is 2.43. The largest absolute Gasteiger partial charge is 0.309 e. The van der Waals surface area contributed by atoms with E-state index in [2.05, 4.69) is 138 Å². The molecule has 9 aromatic carbocycles. The van der Waals surface area contributed by atoms with E-state index in [1.807, 2.05) is 60.7 Å². The van der Waals surface area contributed by atoms with Crippen molar-refractivity contribution in [1.82, 2.24) is 19.5 Å². The molecule has 0 saturated heterocycles. The number of aromatic nitrogens is 4. The van der Waals surface area contributed by atoms with Gasteiger partial charge in [-0.2, -0.15) is 0 Å². The first-order chi connectivity index (χ1) is 27.3. The van der Waals surface area contributed by atoms with Gasteiger partial charge in [0.25, 0.3) is 0 Å². The van der Waals surface area contributed by atoms with Crippen LogP contribution >= 0.6 is 0 Å². The van der Waals surface area contributed by atoms with Gasteiger partial charge in [0.2, 0.25) is 0 Å². The molecule has 0 fully saturated rings. The zero-order valence-electron chi connectivity index (χ0n) is 29.8. The molecule has 2 aromatic heterocycles. The van der Waals surface area contributed by atoms with Crippen LogP contribution in [0.2, 0.25) is 0 Å². The van der Waals surface area contributed by atoms with Crippen molar-refractivity contribution in [3.8, 4) is 51.0 Å². The SMILES string of the molecule is c1ccc(-c2nc(-c3ccccc3)nc(-c3ccc4c(c3)c3ccccc3c3cccc(-c5ccc6c(c5)c5ccccc5n6-c5ccccc5)c34)n2)cc1. The third-order valence-corrected chi connectivity index (χ3v) is 10.8. The van der Waals surface area contributed by atoms with Gasteiger partial charge in [-0.1, -0.05) is 158 Å². The van der Waals surface area contributed by atoms with E-state index in [1.165, 1.54) is 59.9 Å². The standard InChI is InChI=1S/C51H32N4/c1-4-15-33(16-5-1)49-52-50(34-17-6-2-7-18-34)54-51(53-49)36-27-29-43-44(32-36)40-22-11-10-21-39(40)42-25-14-24-38(48(42)43)35-28-30-47-45(31-35)41-23-12-13-26-46(41)55(47)37-19-8-3-9-20-37/h1-32H. The van der Waals surface area contributed by atoms with E-state index >= 15 is 0 Å². The van der Waals surface area contributed by atoms with E-state index in [1.54, 1.807) is 0 Å². The maximum absolute atomic E-state index is 5.07. The van der Waals surface area contributed by atoms with Gasteiger partial charge in [0.1, 0.15) is 0 Å². The van der Waals surface area contributed by atoms with Crippen LogP contribution in [0.4, 0.5) is 0 Å². The fourth-order valence-electron chi connectivity index (χ4n) is 8.32. The Balaban J connectivity index is 1.15. The summed E-state index contributed by atoms with van der Waals surface area (Å²) < 4.78 is 2.37. The van der Waals surface area contributed by atoms with Crippen molar-refractivity contribution in [2.45, 2.75) is 0 Å². The number of fused-ring (bicyclic) bond motifs is 9. The van der Waals surface area contributed by atoms with Crippen LogP contribution in [0.1, 0.15) is 0 Å². The lowest BCUT2D eigenvalue weighted by Crippen LogP contribution is -2.00. The van der Waals surface area contributed by atoms with Crippen molar-refractivity contribution in [1.29, 1.82) is 0 Å². The summed E-state index contributed by atoms with van der Waals surface area (Å²) in [5, 5.41) is 9.73. The Morgan fingerprint density at radius 2 is 0.782 bits per heavy atom. The maximum Gasteiger partial charge on any atom is 0.164 e. The van der Waals surface area contributed by atoms with E-state index in [4.69, 9.17) is 15.0 Å². The fourth-order valence-corrected chi connectivity index (χ4v) is 8.32. The third kappa shape index (κ3) is 5.11. The van der Waals surface area contributed by atoms with Gasteiger partial charge in [-0.05, 0) is 79.8 Å². The summed E-state index contributed by atoms with van der Waals surface area (Å²) in [7, 11) is 0. The van der Waals surface area contributed by atoms with Crippen molar-refractivity contribution in [3.63, 3.8) is 0 Å². The van der Waals surface area contributed by atoms with Crippen LogP contribution < -0.4 is 0 Å². The molecule has 4 nitrogen and oxygen atoms in total. The summed E-state index contributed by atoms with van der Waals surface area (Å²) in [5.74, 6) is 1.95. The van der Waals surface area contributed by atoms with Crippen LogP contribution in [0.25, 0.3) is 105 Å². The van der Waals surface area contributed by atoms with Gasteiger partial charge in [0.15, 0.2) is 17.5 Å². The molecule has 4 heteroatoms. The van der Waals surface area contributed by atoms with Gasteiger partial charge in [0.05, 0.1) is 11.0 Å². The molecule has 0 bridgehead atoms. The predicted octanol–water partition coefficient (Wildman–Crippen LogP) is 13.1. The average molecular weight is 701 g/mol. The number of hydrogen-bond acceptors (Lipinski definition) is 3. The minimum Gasteiger partial charge on any atom is -0.309 e. The molecular weight excluding hydrogens is 669 g/mol. The van der Waals surface area contributed by atoms with Gasteiger partial charge in [-0.25, -0.2) is 15.0 Å². The number of rotatable bonds is 5. The zero-order valence-corrected chi connectivity index (χ0v) is 29.8. The normalized spacial score (nSPS) is 11.6. The Bertz CT molecular complexity index is 3180. The summed E-state index contributed by atoms with van der Waals surface area (Å²) in [6, 6.07) is 68.8. The molecule has 0 N–H and O–H groups in total. The molecule has 0 spiro atoms. The van der Waals surface area contributed by atoms with Crippen molar-refractivity contribution >= 4 is 54.1 Å². The molecule has 11 rings (SSSR count). The summed E-state index contributed by atoms with van der Waals surface area (Å²) in [6.07, 6.45) is 0. The molecule has 0 unspecified atom stereocenters. The number of para-hydroxylation sites is 2. The molecule has 0 saturated carbocycles. The first-order valence-corrected chi connectivity index (χ1v) is 18.6. The first-order valence-electron chi connectivity index (χ1n) is 18.6. The topological polar surface area (TPSA) is 43.6 Å². The van der Waals surface area contributed by atoms with Crippen molar-refractivity contribution in [2.24, 2.45) is 0 Å². The molecule has 11 aromatic rings. The second kappa shape index (κ2) is 12.6. The second-order valence-electron chi connectivity index (χ2n) is 14.0. The van der Waals surface area contributed by atoms with E-state index in [0.29, 0.717) is 17.5 Å². The Labute approximate surface area is 317 Å².